The van der Waals surface area contributed by atoms with Gasteiger partial charge in [0.15, 0.2) is 0 Å². The number of hydrogen-bond donors (Lipinski definition) is 3. The molecule has 0 spiro atoms. The molecule has 108 valence electrons. The van der Waals surface area contributed by atoms with E-state index in [9.17, 15) is 9.59 Å². The SMILES string of the molecule is CCCC(NC(=O)NCC1Cc2ccccc21)C(=O)O. The maximum absolute atomic E-state index is 11.7. The molecule has 1 aromatic rings. The van der Waals surface area contributed by atoms with Crippen LogP contribution >= 0.6 is 0 Å². The van der Waals surface area contributed by atoms with Gasteiger partial charge in [0.2, 0.25) is 0 Å². The van der Waals surface area contributed by atoms with Crippen LogP contribution in [0, 0.1) is 0 Å². The molecule has 0 radical (unpaired) electrons. The molecule has 3 N–H and O–H groups in total. The van der Waals surface area contributed by atoms with Crippen molar-refractivity contribution in [1.82, 2.24) is 10.6 Å². The Labute approximate surface area is 118 Å². The lowest BCUT2D eigenvalue weighted by atomic mass is 9.78. The standard InChI is InChI=1S/C15H20N2O3/c1-2-5-13(14(18)19)17-15(20)16-9-11-8-10-6-3-4-7-12(10)11/h3-4,6-7,11,13H,2,5,8-9H2,1H3,(H,18,19)(H2,16,17,20). The van der Waals surface area contributed by atoms with E-state index in [4.69, 9.17) is 5.11 Å². The van der Waals surface area contributed by atoms with Crippen molar-refractivity contribution in [2.75, 3.05) is 6.54 Å². The topological polar surface area (TPSA) is 78.4 Å². The minimum Gasteiger partial charge on any atom is -0.480 e. The zero-order valence-corrected chi connectivity index (χ0v) is 11.6. The van der Waals surface area contributed by atoms with Gasteiger partial charge in [-0.05, 0) is 24.0 Å². The Balaban J connectivity index is 1.78. The summed E-state index contributed by atoms with van der Waals surface area (Å²) < 4.78 is 0. The van der Waals surface area contributed by atoms with E-state index in [0.717, 1.165) is 6.42 Å². The third kappa shape index (κ3) is 3.29. The van der Waals surface area contributed by atoms with Gasteiger partial charge in [0.25, 0.3) is 0 Å². The van der Waals surface area contributed by atoms with Gasteiger partial charge < -0.3 is 15.7 Å². The van der Waals surface area contributed by atoms with Gasteiger partial charge in [-0.2, -0.15) is 0 Å². The lowest BCUT2D eigenvalue weighted by Gasteiger charge is -2.30. The smallest absolute Gasteiger partial charge is 0.326 e. The van der Waals surface area contributed by atoms with Gasteiger partial charge in [-0.1, -0.05) is 37.6 Å². The molecule has 2 atom stereocenters. The van der Waals surface area contributed by atoms with Crippen LogP contribution in [0.25, 0.3) is 0 Å². The molecule has 1 aliphatic carbocycles. The Kier molecular flexibility index (Phi) is 4.61. The lowest BCUT2D eigenvalue weighted by molar-refractivity contribution is -0.139. The molecule has 1 aromatic carbocycles. The van der Waals surface area contributed by atoms with Gasteiger partial charge in [0.05, 0.1) is 0 Å². The molecule has 5 nitrogen and oxygen atoms in total. The molecule has 0 aliphatic heterocycles. The average molecular weight is 276 g/mol. The third-order valence-corrected chi connectivity index (χ3v) is 3.65. The number of urea groups is 1. The number of hydrogen-bond acceptors (Lipinski definition) is 2. The van der Waals surface area contributed by atoms with Crippen molar-refractivity contribution >= 4 is 12.0 Å². The van der Waals surface area contributed by atoms with E-state index in [1.54, 1.807) is 0 Å². The molecule has 2 rings (SSSR count). The first-order valence-electron chi connectivity index (χ1n) is 6.96. The van der Waals surface area contributed by atoms with Crippen LogP contribution in [0.5, 0.6) is 0 Å². The second-order valence-electron chi connectivity index (χ2n) is 5.13. The molecule has 2 amide bonds. The molecule has 0 bridgehead atoms. The number of carbonyl (C=O) groups excluding carboxylic acids is 1. The zero-order chi connectivity index (χ0) is 14.5. The third-order valence-electron chi connectivity index (χ3n) is 3.65. The number of aliphatic carboxylic acids is 1. The van der Waals surface area contributed by atoms with Crippen molar-refractivity contribution in [3.8, 4) is 0 Å². The van der Waals surface area contributed by atoms with E-state index < -0.39 is 18.0 Å². The first kappa shape index (κ1) is 14.4. The van der Waals surface area contributed by atoms with Gasteiger partial charge in [0, 0.05) is 12.5 Å². The lowest BCUT2D eigenvalue weighted by Crippen LogP contribution is -2.47. The average Bonchev–Trinajstić information content (AvgIpc) is 2.39. The van der Waals surface area contributed by atoms with Crippen molar-refractivity contribution in [3.63, 3.8) is 0 Å². The molecule has 2 unspecified atom stereocenters. The van der Waals surface area contributed by atoms with Gasteiger partial charge in [-0.15, -0.1) is 0 Å². The highest BCUT2D eigenvalue weighted by atomic mass is 16.4. The van der Waals surface area contributed by atoms with E-state index in [-0.39, 0.29) is 0 Å². The minimum absolute atomic E-state index is 0.339. The highest BCUT2D eigenvalue weighted by molar-refractivity contribution is 5.82. The van der Waals surface area contributed by atoms with Gasteiger partial charge in [-0.3, -0.25) is 0 Å². The molecule has 0 fully saturated rings. The van der Waals surface area contributed by atoms with Crippen molar-refractivity contribution in [2.45, 2.75) is 38.1 Å². The van der Waals surface area contributed by atoms with Crippen molar-refractivity contribution in [3.05, 3.63) is 35.4 Å². The summed E-state index contributed by atoms with van der Waals surface area (Å²) in [5, 5.41) is 14.2. The Morgan fingerprint density at radius 3 is 2.80 bits per heavy atom. The Morgan fingerprint density at radius 1 is 1.40 bits per heavy atom. The zero-order valence-electron chi connectivity index (χ0n) is 11.6. The summed E-state index contributed by atoms with van der Waals surface area (Å²) in [6.45, 7) is 2.43. The summed E-state index contributed by atoms with van der Waals surface area (Å²) in [4.78, 5) is 22.7. The number of amides is 2. The van der Waals surface area contributed by atoms with Crippen LogP contribution in [0.3, 0.4) is 0 Å². The fourth-order valence-electron chi connectivity index (χ4n) is 2.52. The van der Waals surface area contributed by atoms with Crippen molar-refractivity contribution < 1.29 is 14.7 Å². The monoisotopic (exact) mass is 276 g/mol. The van der Waals surface area contributed by atoms with Crippen LogP contribution in [0.4, 0.5) is 4.79 Å². The number of rotatable bonds is 6. The summed E-state index contributed by atoms with van der Waals surface area (Å²) in [5.74, 6) is -0.651. The quantitative estimate of drug-likeness (QED) is 0.742. The summed E-state index contributed by atoms with van der Waals surface area (Å²) in [5.41, 5.74) is 2.60. The number of nitrogens with one attached hydrogen (secondary N) is 2. The summed E-state index contributed by atoms with van der Waals surface area (Å²) in [6.07, 6.45) is 2.12. The van der Waals surface area contributed by atoms with E-state index in [1.807, 2.05) is 19.1 Å². The first-order valence-corrected chi connectivity index (χ1v) is 6.96. The molecule has 0 saturated heterocycles. The molecule has 0 saturated carbocycles. The van der Waals surface area contributed by atoms with Crippen LogP contribution in [0.15, 0.2) is 24.3 Å². The predicted octanol–water partition coefficient (Wildman–Crippen LogP) is 1.88. The number of carboxylic acids is 1. The van der Waals surface area contributed by atoms with Crippen molar-refractivity contribution in [1.29, 1.82) is 0 Å². The molecule has 20 heavy (non-hydrogen) atoms. The fraction of sp³-hybridized carbons (Fsp3) is 0.467. The number of benzene rings is 1. The van der Waals surface area contributed by atoms with Crippen LogP contribution in [-0.4, -0.2) is 29.7 Å². The number of carboxylic acid groups (broad SMARTS) is 1. The molecule has 1 aliphatic rings. The fourth-order valence-corrected chi connectivity index (χ4v) is 2.52. The van der Waals surface area contributed by atoms with E-state index in [2.05, 4.69) is 22.8 Å². The Hall–Kier alpha value is -2.04. The highest BCUT2D eigenvalue weighted by Crippen LogP contribution is 2.33. The summed E-state index contributed by atoms with van der Waals surface area (Å²) in [6, 6.07) is 6.95. The summed E-state index contributed by atoms with van der Waals surface area (Å²) >= 11 is 0. The normalized spacial score (nSPS) is 17.6. The van der Waals surface area contributed by atoms with E-state index in [1.165, 1.54) is 11.1 Å². The second kappa shape index (κ2) is 6.41. The van der Waals surface area contributed by atoms with Gasteiger partial charge >= 0.3 is 12.0 Å². The van der Waals surface area contributed by atoms with Gasteiger partial charge in [-0.25, -0.2) is 9.59 Å². The molecule has 5 heteroatoms. The predicted molar refractivity (Wildman–Crippen MR) is 75.8 cm³/mol. The number of fused-ring (bicyclic) bond motifs is 1. The van der Waals surface area contributed by atoms with Gasteiger partial charge in [0.1, 0.15) is 6.04 Å². The molecule has 0 aromatic heterocycles. The molecular weight excluding hydrogens is 256 g/mol. The van der Waals surface area contributed by atoms with E-state index in [0.29, 0.717) is 25.3 Å². The second-order valence-corrected chi connectivity index (χ2v) is 5.13. The number of carbonyl (C=O) groups is 2. The highest BCUT2D eigenvalue weighted by Gasteiger charge is 2.26. The first-order chi connectivity index (χ1) is 9.61. The molecule has 0 heterocycles. The minimum atomic E-state index is -0.990. The Morgan fingerprint density at radius 2 is 2.15 bits per heavy atom. The maximum atomic E-state index is 11.7. The van der Waals surface area contributed by atoms with Crippen molar-refractivity contribution in [2.24, 2.45) is 0 Å². The summed E-state index contributed by atoms with van der Waals surface area (Å²) in [7, 11) is 0. The maximum Gasteiger partial charge on any atom is 0.326 e. The van der Waals surface area contributed by atoms with E-state index >= 15 is 0 Å². The Bertz CT molecular complexity index is 502. The van der Waals surface area contributed by atoms with Crippen LogP contribution in [0.2, 0.25) is 0 Å². The largest absolute Gasteiger partial charge is 0.480 e. The van der Waals surface area contributed by atoms with Crippen LogP contribution < -0.4 is 10.6 Å². The molecular formula is C15H20N2O3. The van der Waals surface area contributed by atoms with Crippen LogP contribution in [0.1, 0.15) is 36.8 Å². The van der Waals surface area contributed by atoms with Crippen LogP contribution in [-0.2, 0) is 11.2 Å².